The SMILES string of the molecule is CCCC/C=C\CCCCCCCC(=O)OCCCC/C=C\CCCCCCC(=O)NC(CO)C(O)/C=C/CCCCCCCCCCCCCC. The van der Waals surface area contributed by atoms with Crippen LogP contribution in [0.2, 0.25) is 0 Å². The summed E-state index contributed by atoms with van der Waals surface area (Å²) >= 11 is 0. The van der Waals surface area contributed by atoms with E-state index in [0.717, 1.165) is 77.0 Å². The molecule has 0 saturated heterocycles. The van der Waals surface area contributed by atoms with Crippen molar-refractivity contribution in [3.8, 4) is 0 Å². The number of carbonyl (C=O) groups excluding carboxylic acids is 2. The van der Waals surface area contributed by atoms with Crippen LogP contribution in [0.4, 0.5) is 0 Å². The number of allylic oxidation sites excluding steroid dienone is 5. The van der Waals surface area contributed by atoms with Gasteiger partial charge in [-0.3, -0.25) is 9.59 Å². The Morgan fingerprint density at radius 1 is 0.519 bits per heavy atom. The molecule has 304 valence electrons. The summed E-state index contributed by atoms with van der Waals surface area (Å²) in [5.41, 5.74) is 0. The number of amides is 1. The molecule has 0 aromatic carbocycles. The van der Waals surface area contributed by atoms with Gasteiger partial charge in [0.25, 0.3) is 0 Å². The maximum absolute atomic E-state index is 12.4. The number of unbranched alkanes of at least 4 members (excludes halogenated alkanes) is 25. The van der Waals surface area contributed by atoms with Crippen LogP contribution < -0.4 is 5.32 Å². The number of aliphatic hydroxyl groups is 2. The summed E-state index contributed by atoms with van der Waals surface area (Å²) in [5, 5.41) is 22.9. The van der Waals surface area contributed by atoms with Gasteiger partial charge in [0.2, 0.25) is 5.91 Å². The molecule has 2 unspecified atom stereocenters. The molecule has 6 heteroatoms. The van der Waals surface area contributed by atoms with Gasteiger partial charge in [-0.1, -0.05) is 166 Å². The third-order valence-electron chi connectivity index (χ3n) is 9.88. The second-order valence-electron chi connectivity index (χ2n) is 15.0. The standard InChI is InChI=1S/C46H85NO5/c1-3-5-7-9-11-13-15-16-17-19-22-26-30-34-38-44(49)43(42-48)47-45(50)39-35-31-27-23-20-21-25-29-33-37-41-52-46(51)40-36-32-28-24-18-14-12-10-8-6-4-2/h10,12,21,25,34,38,43-44,48-49H,3-9,11,13-20,22-24,26-33,35-37,39-42H2,1-2H3,(H,47,50)/b12-10-,25-21-,38-34+. The molecule has 1 amide bonds. The molecule has 0 aromatic heterocycles. The molecule has 0 radical (unpaired) electrons. The first-order chi connectivity index (χ1) is 25.5. The van der Waals surface area contributed by atoms with Gasteiger partial charge in [0, 0.05) is 12.8 Å². The third kappa shape index (κ3) is 37.8. The number of esters is 1. The molecule has 0 aromatic rings. The van der Waals surface area contributed by atoms with Crippen LogP contribution in [0, 0.1) is 0 Å². The molecule has 0 saturated carbocycles. The third-order valence-corrected chi connectivity index (χ3v) is 9.88. The quantitative estimate of drug-likeness (QED) is 0.0331. The number of hydrogen-bond donors (Lipinski definition) is 3. The normalized spacial score (nSPS) is 13.1. The number of rotatable bonds is 40. The first kappa shape index (κ1) is 50.1. The predicted octanol–water partition coefficient (Wildman–Crippen LogP) is 12.6. The molecular formula is C46H85NO5. The summed E-state index contributed by atoms with van der Waals surface area (Å²) in [7, 11) is 0. The Morgan fingerprint density at radius 2 is 0.923 bits per heavy atom. The fraction of sp³-hybridized carbons (Fsp3) is 0.826. The monoisotopic (exact) mass is 732 g/mol. The van der Waals surface area contributed by atoms with Gasteiger partial charge in [-0.25, -0.2) is 0 Å². The average molecular weight is 732 g/mol. The zero-order valence-corrected chi connectivity index (χ0v) is 34.3. The molecule has 0 aliphatic heterocycles. The molecule has 6 nitrogen and oxygen atoms in total. The van der Waals surface area contributed by atoms with E-state index < -0.39 is 12.1 Å². The Labute approximate surface area is 322 Å². The van der Waals surface area contributed by atoms with Crippen LogP contribution in [0.5, 0.6) is 0 Å². The van der Waals surface area contributed by atoms with Crippen LogP contribution in [-0.2, 0) is 14.3 Å². The van der Waals surface area contributed by atoms with Crippen LogP contribution in [0.15, 0.2) is 36.5 Å². The average Bonchev–Trinajstić information content (AvgIpc) is 3.14. The second kappa shape index (κ2) is 41.8. The molecule has 2 atom stereocenters. The van der Waals surface area contributed by atoms with Crippen molar-refractivity contribution >= 4 is 11.9 Å². The van der Waals surface area contributed by atoms with E-state index in [1.54, 1.807) is 6.08 Å². The van der Waals surface area contributed by atoms with Gasteiger partial charge in [-0.2, -0.15) is 0 Å². The number of aliphatic hydroxyl groups excluding tert-OH is 2. The molecule has 0 bridgehead atoms. The van der Waals surface area contributed by atoms with E-state index in [9.17, 15) is 19.8 Å². The largest absolute Gasteiger partial charge is 0.466 e. The van der Waals surface area contributed by atoms with E-state index in [0.29, 0.717) is 19.4 Å². The Hall–Kier alpha value is -1.92. The maximum atomic E-state index is 12.4. The molecule has 0 fully saturated rings. The molecule has 0 heterocycles. The van der Waals surface area contributed by atoms with Crippen molar-refractivity contribution in [2.24, 2.45) is 0 Å². The van der Waals surface area contributed by atoms with Crippen LogP contribution >= 0.6 is 0 Å². The van der Waals surface area contributed by atoms with E-state index in [1.165, 1.54) is 116 Å². The topological polar surface area (TPSA) is 95.9 Å². The highest BCUT2D eigenvalue weighted by molar-refractivity contribution is 5.76. The van der Waals surface area contributed by atoms with Crippen LogP contribution in [0.1, 0.15) is 219 Å². The lowest BCUT2D eigenvalue weighted by Gasteiger charge is -2.20. The number of hydrogen-bond acceptors (Lipinski definition) is 5. The molecular weight excluding hydrogens is 647 g/mol. The number of carbonyl (C=O) groups is 2. The van der Waals surface area contributed by atoms with Gasteiger partial charge in [0.15, 0.2) is 0 Å². The lowest BCUT2D eigenvalue weighted by atomic mass is 10.0. The Bertz CT molecular complexity index is 854. The van der Waals surface area contributed by atoms with Crippen molar-refractivity contribution in [3.63, 3.8) is 0 Å². The van der Waals surface area contributed by atoms with Gasteiger partial charge in [0.05, 0.1) is 25.4 Å². The van der Waals surface area contributed by atoms with E-state index in [-0.39, 0.29) is 18.5 Å². The molecule has 3 N–H and O–H groups in total. The summed E-state index contributed by atoms with van der Waals surface area (Å²) < 4.78 is 5.39. The zero-order valence-electron chi connectivity index (χ0n) is 34.3. The van der Waals surface area contributed by atoms with Gasteiger partial charge < -0.3 is 20.3 Å². The lowest BCUT2D eigenvalue weighted by molar-refractivity contribution is -0.143. The van der Waals surface area contributed by atoms with Crippen molar-refractivity contribution in [1.82, 2.24) is 5.32 Å². The van der Waals surface area contributed by atoms with E-state index in [1.807, 2.05) is 6.08 Å². The highest BCUT2D eigenvalue weighted by Gasteiger charge is 2.18. The molecule has 0 aliphatic carbocycles. The van der Waals surface area contributed by atoms with E-state index >= 15 is 0 Å². The highest BCUT2D eigenvalue weighted by Crippen LogP contribution is 2.14. The summed E-state index contributed by atoms with van der Waals surface area (Å²) in [6.45, 7) is 4.75. The molecule has 52 heavy (non-hydrogen) atoms. The first-order valence-corrected chi connectivity index (χ1v) is 22.3. The van der Waals surface area contributed by atoms with Crippen molar-refractivity contribution in [2.45, 2.75) is 231 Å². The van der Waals surface area contributed by atoms with Crippen LogP contribution in [0.25, 0.3) is 0 Å². The Balaban J connectivity index is 3.61. The number of ether oxygens (including phenoxy) is 1. The van der Waals surface area contributed by atoms with Crippen LogP contribution in [0.3, 0.4) is 0 Å². The van der Waals surface area contributed by atoms with Gasteiger partial charge in [-0.05, 0) is 77.0 Å². The van der Waals surface area contributed by atoms with E-state index in [4.69, 9.17) is 4.74 Å². The van der Waals surface area contributed by atoms with Crippen molar-refractivity contribution < 1.29 is 24.5 Å². The minimum atomic E-state index is -0.865. The summed E-state index contributed by atoms with van der Waals surface area (Å²) in [6, 6.07) is -0.652. The summed E-state index contributed by atoms with van der Waals surface area (Å²) in [6.07, 6.45) is 48.4. The number of nitrogens with one attached hydrogen (secondary N) is 1. The zero-order chi connectivity index (χ0) is 38.0. The Kier molecular flexibility index (Phi) is 40.3. The highest BCUT2D eigenvalue weighted by atomic mass is 16.5. The minimum Gasteiger partial charge on any atom is -0.466 e. The van der Waals surface area contributed by atoms with Gasteiger partial charge in [0.1, 0.15) is 0 Å². The summed E-state index contributed by atoms with van der Waals surface area (Å²) in [4.78, 5) is 24.3. The molecule has 0 rings (SSSR count). The second-order valence-corrected chi connectivity index (χ2v) is 15.0. The Morgan fingerprint density at radius 3 is 1.42 bits per heavy atom. The maximum Gasteiger partial charge on any atom is 0.305 e. The first-order valence-electron chi connectivity index (χ1n) is 22.3. The van der Waals surface area contributed by atoms with Crippen molar-refractivity contribution in [3.05, 3.63) is 36.5 Å². The van der Waals surface area contributed by atoms with Gasteiger partial charge in [-0.15, -0.1) is 0 Å². The molecule has 0 spiro atoms. The van der Waals surface area contributed by atoms with Crippen LogP contribution in [-0.4, -0.2) is 47.4 Å². The lowest BCUT2D eigenvalue weighted by Crippen LogP contribution is -2.45. The summed E-state index contributed by atoms with van der Waals surface area (Å²) in [5.74, 6) is -0.157. The molecule has 0 aliphatic rings. The van der Waals surface area contributed by atoms with Gasteiger partial charge >= 0.3 is 5.97 Å². The fourth-order valence-electron chi connectivity index (χ4n) is 6.37. The fourth-order valence-corrected chi connectivity index (χ4v) is 6.37. The van der Waals surface area contributed by atoms with Crippen molar-refractivity contribution in [2.75, 3.05) is 13.2 Å². The van der Waals surface area contributed by atoms with Crippen molar-refractivity contribution in [1.29, 1.82) is 0 Å². The predicted molar refractivity (Wildman–Crippen MR) is 222 cm³/mol. The minimum absolute atomic E-state index is 0.0507. The van der Waals surface area contributed by atoms with E-state index in [2.05, 4.69) is 43.5 Å². The smallest absolute Gasteiger partial charge is 0.305 e.